The van der Waals surface area contributed by atoms with Crippen molar-refractivity contribution in [2.45, 2.75) is 58.0 Å². The van der Waals surface area contributed by atoms with Gasteiger partial charge in [-0.3, -0.25) is 0 Å². The highest BCUT2D eigenvalue weighted by atomic mass is 16.6. The van der Waals surface area contributed by atoms with E-state index in [0.717, 1.165) is 51.7 Å². The van der Waals surface area contributed by atoms with Crippen LogP contribution in [0.4, 0.5) is 0 Å². The molecule has 2 unspecified atom stereocenters. The fourth-order valence-electron chi connectivity index (χ4n) is 5.72. The zero-order chi connectivity index (χ0) is 21.1. The number of rotatable bonds is 8. The monoisotopic (exact) mass is 411 g/mol. The Bertz CT molecular complexity index is 739. The number of likely N-dealkylation sites (tertiary alicyclic amines) is 1. The number of benzene rings is 1. The Labute approximate surface area is 181 Å². The number of hydrogen-bond acceptors (Lipinski definition) is 4. The number of nitrogens with zero attached hydrogens (tertiary/aromatic N) is 1. The van der Waals surface area contributed by atoms with E-state index in [1.54, 1.807) is 0 Å². The number of fused-ring (bicyclic) bond motifs is 1. The Morgan fingerprint density at radius 1 is 1.13 bits per heavy atom. The van der Waals surface area contributed by atoms with Crippen molar-refractivity contribution >= 4 is 5.97 Å². The molecular formula is C26H37NO3. The van der Waals surface area contributed by atoms with Gasteiger partial charge < -0.3 is 14.7 Å². The summed E-state index contributed by atoms with van der Waals surface area (Å²) >= 11 is 0. The Hall–Kier alpha value is -1.65. The summed E-state index contributed by atoms with van der Waals surface area (Å²) in [7, 11) is 0. The Kier molecular flexibility index (Phi) is 6.64. The molecule has 2 aliphatic carbocycles. The fraction of sp³-hybridized carbons (Fsp3) is 0.654. The second-order valence-corrected chi connectivity index (χ2v) is 9.89. The van der Waals surface area contributed by atoms with Crippen LogP contribution in [-0.2, 0) is 15.1 Å². The molecule has 30 heavy (non-hydrogen) atoms. The first kappa shape index (κ1) is 21.6. The van der Waals surface area contributed by atoms with E-state index < -0.39 is 11.6 Å². The van der Waals surface area contributed by atoms with Gasteiger partial charge in [0.05, 0.1) is 6.61 Å². The van der Waals surface area contributed by atoms with Crippen molar-refractivity contribution in [1.82, 2.24) is 4.90 Å². The molecule has 4 heteroatoms. The molecule has 0 aromatic heterocycles. The molecule has 3 aliphatic rings. The zero-order valence-corrected chi connectivity index (χ0v) is 18.6. The number of esters is 1. The van der Waals surface area contributed by atoms with E-state index in [9.17, 15) is 9.90 Å². The third kappa shape index (κ3) is 4.50. The van der Waals surface area contributed by atoms with Crippen molar-refractivity contribution in [3.63, 3.8) is 0 Å². The SMILES string of the molecule is CC(C)=CCCN1C[C@@H]2C(COC(=O)C(O)(c3ccccc3)C3CCCCC3)[C@@H]2C1. The first-order valence-corrected chi connectivity index (χ1v) is 11.8. The van der Waals surface area contributed by atoms with E-state index in [4.69, 9.17) is 4.74 Å². The summed E-state index contributed by atoms with van der Waals surface area (Å²) in [6.45, 7) is 8.12. The normalized spacial score (nSPS) is 28.4. The van der Waals surface area contributed by atoms with Crippen LogP contribution < -0.4 is 0 Å². The summed E-state index contributed by atoms with van der Waals surface area (Å²) in [6.07, 6.45) is 8.52. The van der Waals surface area contributed by atoms with E-state index in [0.29, 0.717) is 29.9 Å². The lowest BCUT2D eigenvalue weighted by Gasteiger charge is -2.36. The standard InChI is InChI=1S/C26H37NO3/c1-19(2)10-9-15-27-16-22-23(17-27)24(22)18-30-25(28)26(29,20-11-5-3-6-12-20)21-13-7-4-8-14-21/h3,5-6,10-12,21-24,29H,4,7-9,13-18H2,1-2H3/t22-,23+,24?,26?. The molecular weight excluding hydrogens is 374 g/mol. The molecule has 0 amide bonds. The Balaban J connectivity index is 1.32. The third-order valence-electron chi connectivity index (χ3n) is 7.57. The minimum absolute atomic E-state index is 0.0505. The first-order chi connectivity index (χ1) is 14.5. The highest BCUT2D eigenvalue weighted by Gasteiger charge is 2.56. The predicted molar refractivity (Wildman–Crippen MR) is 119 cm³/mol. The molecule has 0 spiro atoms. The number of carbonyl (C=O) groups is 1. The molecule has 4 rings (SSSR count). The molecule has 1 aromatic carbocycles. The molecule has 2 saturated carbocycles. The highest BCUT2D eigenvalue weighted by molar-refractivity contribution is 5.81. The lowest BCUT2D eigenvalue weighted by molar-refractivity contribution is -0.176. The van der Waals surface area contributed by atoms with Crippen LogP contribution in [0.2, 0.25) is 0 Å². The van der Waals surface area contributed by atoms with Crippen molar-refractivity contribution in [1.29, 1.82) is 0 Å². The van der Waals surface area contributed by atoms with E-state index >= 15 is 0 Å². The molecule has 1 heterocycles. The van der Waals surface area contributed by atoms with Crippen LogP contribution in [0, 0.1) is 23.7 Å². The van der Waals surface area contributed by atoms with E-state index in [-0.39, 0.29) is 5.92 Å². The summed E-state index contributed by atoms with van der Waals surface area (Å²) in [5.41, 5.74) is 0.554. The average molecular weight is 412 g/mol. The predicted octanol–water partition coefficient (Wildman–Crippen LogP) is 4.53. The number of piperidine rings is 1. The van der Waals surface area contributed by atoms with Crippen LogP contribution in [0.3, 0.4) is 0 Å². The molecule has 0 radical (unpaired) electrons. The summed E-state index contributed by atoms with van der Waals surface area (Å²) in [5, 5.41) is 11.6. The van der Waals surface area contributed by atoms with Gasteiger partial charge in [-0.25, -0.2) is 4.79 Å². The van der Waals surface area contributed by atoms with Gasteiger partial charge in [-0.1, -0.05) is 61.2 Å². The Morgan fingerprint density at radius 2 is 1.80 bits per heavy atom. The van der Waals surface area contributed by atoms with E-state index in [1.807, 2.05) is 30.3 Å². The summed E-state index contributed by atoms with van der Waals surface area (Å²) in [5.74, 6) is 1.30. The third-order valence-corrected chi connectivity index (χ3v) is 7.57. The van der Waals surface area contributed by atoms with Crippen molar-refractivity contribution in [2.24, 2.45) is 23.7 Å². The average Bonchev–Trinajstić information content (AvgIpc) is 3.22. The second kappa shape index (κ2) is 9.23. The maximum atomic E-state index is 13.2. The summed E-state index contributed by atoms with van der Waals surface area (Å²) < 4.78 is 5.81. The van der Waals surface area contributed by atoms with Crippen LogP contribution in [0.5, 0.6) is 0 Å². The van der Waals surface area contributed by atoms with Crippen LogP contribution in [0.1, 0.15) is 57.9 Å². The Morgan fingerprint density at radius 3 is 2.43 bits per heavy atom. The van der Waals surface area contributed by atoms with Crippen molar-refractivity contribution in [3.8, 4) is 0 Å². The van der Waals surface area contributed by atoms with Crippen molar-refractivity contribution in [3.05, 3.63) is 47.5 Å². The minimum Gasteiger partial charge on any atom is -0.463 e. The topological polar surface area (TPSA) is 49.8 Å². The van der Waals surface area contributed by atoms with Gasteiger partial charge in [-0.2, -0.15) is 0 Å². The molecule has 1 aliphatic heterocycles. The highest BCUT2D eigenvalue weighted by Crippen LogP contribution is 2.52. The molecule has 164 valence electrons. The van der Waals surface area contributed by atoms with Gasteiger partial charge in [0.25, 0.3) is 0 Å². The van der Waals surface area contributed by atoms with Gasteiger partial charge >= 0.3 is 5.97 Å². The summed E-state index contributed by atoms with van der Waals surface area (Å²) in [6, 6.07) is 9.44. The first-order valence-electron chi connectivity index (χ1n) is 11.8. The second-order valence-electron chi connectivity index (χ2n) is 9.89. The lowest BCUT2D eigenvalue weighted by atomic mass is 9.73. The van der Waals surface area contributed by atoms with Gasteiger partial charge in [0.2, 0.25) is 0 Å². The number of ether oxygens (including phenoxy) is 1. The van der Waals surface area contributed by atoms with Crippen molar-refractivity contribution in [2.75, 3.05) is 26.2 Å². The van der Waals surface area contributed by atoms with Crippen molar-refractivity contribution < 1.29 is 14.6 Å². The van der Waals surface area contributed by atoms with E-state index in [1.165, 1.54) is 12.0 Å². The van der Waals surface area contributed by atoms with Crippen LogP contribution in [-0.4, -0.2) is 42.2 Å². The van der Waals surface area contributed by atoms with E-state index in [2.05, 4.69) is 24.8 Å². The van der Waals surface area contributed by atoms with Gasteiger partial charge in [-0.15, -0.1) is 0 Å². The van der Waals surface area contributed by atoms with Gasteiger partial charge in [0.15, 0.2) is 5.60 Å². The molecule has 1 saturated heterocycles. The van der Waals surface area contributed by atoms with Crippen LogP contribution in [0.25, 0.3) is 0 Å². The number of carbonyl (C=O) groups excluding carboxylic acids is 1. The minimum atomic E-state index is -1.51. The van der Waals surface area contributed by atoms with Gasteiger partial charge in [0.1, 0.15) is 0 Å². The molecule has 4 atom stereocenters. The number of aliphatic hydroxyl groups is 1. The molecule has 0 bridgehead atoms. The fourth-order valence-corrected chi connectivity index (χ4v) is 5.72. The molecule has 4 nitrogen and oxygen atoms in total. The molecule has 1 N–H and O–H groups in total. The lowest BCUT2D eigenvalue weighted by Crippen LogP contribution is -2.45. The quantitative estimate of drug-likeness (QED) is 0.504. The molecule has 3 fully saturated rings. The van der Waals surface area contributed by atoms with Gasteiger partial charge in [-0.05, 0) is 50.5 Å². The molecule has 1 aromatic rings. The zero-order valence-electron chi connectivity index (χ0n) is 18.6. The van der Waals surface area contributed by atoms with Crippen LogP contribution in [0.15, 0.2) is 42.0 Å². The number of hydrogen-bond donors (Lipinski definition) is 1. The van der Waals surface area contributed by atoms with Gasteiger partial charge in [0, 0.05) is 31.5 Å². The maximum absolute atomic E-state index is 13.2. The smallest absolute Gasteiger partial charge is 0.343 e. The largest absolute Gasteiger partial charge is 0.463 e. The summed E-state index contributed by atoms with van der Waals surface area (Å²) in [4.78, 5) is 15.7. The number of allylic oxidation sites excluding steroid dienone is 1. The van der Waals surface area contributed by atoms with Crippen LogP contribution >= 0.6 is 0 Å². The maximum Gasteiger partial charge on any atom is 0.343 e.